The Morgan fingerprint density at radius 1 is 1.26 bits per heavy atom. The molecular formula is C14H25N3OS. The van der Waals surface area contributed by atoms with E-state index >= 15 is 0 Å². The summed E-state index contributed by atoms with van der Waals surface area (Å²) >= 11 is 1.46. The molecule has 1 aliphatic rings. The Labute approximate surface area is 120 Å². The number of ether oxygens (including phenoxy) is 1. The van der Waals surface area contributed by atoms with Crippen molar-refractivity contribution >= 4 is 22.4 Å². The second-order valence-electron chi connectivity index (χ2n) is 5.33. The molecule has 5 heteroatoms. The third-order valence-electron chi connectivity index (χ3n) is 4.56. The summed E-state index contributed by atoms with van der Waals surface area (Å²) in [6.45, 7) is 9.42. The first kappa shape index (κ1) is 14.4. The van der Waals surface area contributed by atoms with Gasteiger partial charge < -0.3 is 15.4 Å². The van der Waals surface area contributed by atoms with Gasteiger partial charge in [-0.15, -0.1) is 0 Å². The van der Waals surface area contributed by atoms with E-state index in [0.717, 1.165) is 23.8 Å². The molecule has 0 saturated carbocycles. The van der Waals surface area contributed by atoms with Gasteiger partial charge in [0.25, 0.3) is 0 Å². The molecule has 0 amide bonds. The molecule has 0 unspecified atom stereocenters. The number of nitrogens with zero attached hydrogens (tertiary/aromatic N) is 2. The van der Waals surface area contributed by atoms with Gasteiger partial charge in [-0.05, 0) is 36.7 Å². The van der Waals surface area contributed by atoms with E-state index in [1.165, 1.54) is 37.2 Å². The fraction of sp³-hybridized carbons (Fsp3) is 0.786. The van der Waals surface area contributed by atoms with Gasteiger partial charge in [-0.1, -0.05) is 26.7 Å². The maximum absolute atomic E-state index is 5.89. The lowest BCUT2D eigenvalue weighted by Gasteiger charge is -2.41. The Balaban J connectivity index is 2.09. The highest BCUT2D eigenvalue weighted by atomic mass is 32.1. The van der Waals surface area contributed by atoms with E-state index in [1.54, 1.807) is 0 Å². The maximum atomic E-state index is 5.89. The highest BCUT2D eigenvalue weighted by molar-refractivity contribution is 7.11. The molecule has 2 N–H and O–H groups in total. The number of hydrogen-bond donors (Lipinski definition) is 1. The quantitative estimate of drug-likeness (QED) is 0.898. The zero-order valence-corrected chi connectivity index (χ0v) is 13.1. The average Bonchev–Trinajstić information content (AvgIpc) is 2.81. The third kappa shape index (κ3) is 2.81. The number of aromatic nitrogens is 1. The molecule has 1 aromatic heterocycles. The van der Waals surface area contributed by atoms with E-state index in [1.807, 2.05) is 6.92 Å². The van der Waals surface area contributed by atoms with Gasteiger partial charge in [-0.25, -0.2) is 0 Å². The fourth-order valence-corrected chi connectivity index (χ4v) is 3.72. The van der Waals surface area contributed by atoms with Crippen molar-refractivity contribution in [1.82, 2.24) is 4.37 Å². The topological polar surface area (TPSA) is 51.4 Å². The van der Waals surface area contributed by atoms with Crippen LogP contribution in [0.2, 0.25) is 0 Å². The van der Waals surface area contributed by atoms with Crippen molar-refractivity contribution in [2.45, 2.75) is 46.5 Å². The Bertz CT molecular complexity index is 405. The second kappa shape index (κ2) is 5.99. The zero-order chi connectivity index (χ0) is 13.9. The summed E-state index contributed by atoms with van der Waals surface area (Å²) in [5.41, 5.74) is 6.43. The van der Waals surface area contributed by atoms with E-state index in [4.69, 9.17) is 10.5 Å². The molecule has 1 saturated heterocycles. The molecule has 0 bridgehead atoms. The van der Waals surface area contributed by atoms with Gasteiger partial charge in [0, 0.05) is 13.1 Å². The number of piperidine rings is 1. The summed E-state index contributed by atoms with van der Waals surface area (Å²) in [6.07, 6.45) is 5.06. The van der Waals surface area contributed by atoms with Crippen LogP contribution in [-0.4, -0.2) is 24.1 Å². The zero-order valence-electron chi connectivity index (χ0n) is 12.2. The molecule has 0 radical (unpaired) electrons. The highest BCUT2D eigenvalue weighted by Crippen LogP contribution is 2.44. The molecule has 1 fully saturated rings. The van der Waals surface area contributed by atoms with Crippen molar-refractivity contribution in [3.8, 4) is 5.75 Å². The number of hydrogen-bond acceptors (Lipinski definition) is 5. The van der Waals surface area contributed by atoms with Crippen molar-refractivity contribution in [3.05, 3.63) is 0 Å². The van der Waals surface area contributed by atoms with Crippen LogP contribution in [0, 0.1) is 5.41 Å². The molecule has 1 aliphatic heterocycles. The van der Waals surface area contributed by atoms with Crippen LogP contribution in [0.3, 0.4) is 0 Å². The van der Waals surface area contributed by atoms with Crippen molar-refractivity contribution in [2.75, 3.05) is 30.3 Å². The highest BCUT2D eigenvalue weighted by Gasteiger charge is 2.33. The monoisotopic (exact) mass is 283 g/mol. The lowest BCUT2D eigenvalue weighted by molar-refractivity contribution is 0.199. The van der Waals surface area contributed by atoms with Crippen molar-refractivity contribution in [2.24, 2.45) is 5.41 Å². The van der Waals surface area contributed by atoms with Crippen LogP contribution in [0.5, 0.6) is 5.75 Å². The molecule has 108 valence electrons. The van der Waals surface area contributed by atoms with Crippen LogP contribution < -0.4 is 15.4 Å². The smallest absolute Gasteiger partial charge is 0.197 e. The number of anilines is 2. The van der Waals surface area contributed by atoms with Crippen LogP contribution >= 0.6 is 11.5 Å². The lowest BCUT2D eigenvalue weighted by atomic mass is 9.74. The first-order valence-corrected chi connectivity index (χ1v) is 8.06. The predicted octanol–water partition coefficient (Wildman–Crippen LogP) is 3.53. The minimum absolute atomic E-state index is 0.532. The van der Waals surface area contributed by atoms with Crippen LogP contribution in [0.25, 0.3) is 0 Å². The minimum atomic E-state index is 0.532. The van der Waals surface area contributed by atoms with Crippen LogP contribution in [-0.2, 0) is 0 Å². The molecular weight excluding hydrogens is 258 g/mol. The Kier molecular flexibility index (Phi) is 4.55. The standard InChI is InChI=1S/C14H25N3OS/c1-4-14(5-2)7-9-17(10-8-14)13-11(18-6-3)12(15)16-19-13/h4-10H2,1-3H3,(H2,15,16). The van der Waals surface area contributed by atoms with Gasteiger partial charge in [-0.3, -0.25) is 0 Å². The summed E-state index contributed by atoms with van der Waals surface area (Å²) in [7, 11) is 0. The predicted molar refractivity (Wildman–Crippen MR) is 82.2 cm³/mol. The minimum Gasteiger partial charge on any atom is -0.487 e. The van der Waals surface area contributed by atoms with E-state index < -0.39 is 0 Å². The van der Waals surface area contributed by atoms with Gasteiger partial charge in [-0.2, -0.15) is 4.37 Å². The molecule has 1 aromatic rings. The first-order chi connectivity index (χ1) is 9.15. The molecule has 2 heterocycles. The molecule has 2 rings (SSSR count). The van der Waals surface area contributed by atoms with E-state index in [9.17, 15) is 0 Å². The van der Waals surface area contributed by atoms with E-state index in [0.29, 0.717) is 17.8 Å². The second-order valence-corrected chi connectivity index (χ2v) is 6.08. The molecule has 4 nitrogen and oxygen atoms in total. The van der Waals surface area contributed by atoms with Gasteiger partial charge in [0.05, 0.1) is 6.61 Å². The van der Waals surface area contributed by atoms with E-state index in [-0.39, 0.29) is 0 Å². The van der Waals surface area contributed by atoms with E-state index in [2.05, 4.69) is 23.1 Å². The Hall–Kier alpha value is -0.970. The number of rotatable bonds is 5. The fourth-order valence-electron chi connectivity index (χ4n) is 2.91. The largest absolute Gasteiger partial charge is 0.487 e. The van der Waals surface area contributed by atoms with Crippen molar-refractivity contribution in [1.29, 1.82) is 0 Å². The number of nitrogen functional groups attached to an aromatic ring is 1. The summed E-state index contributed by atoms with van der Waals surface area (Å²) in [6, 6.07) is 0. The first-order valence-electron chi connectivity index (χ1n) is 7.28. The van der Waals surface area contributed by atoms with Crippen molar-refractivity contribution in [3.63, 3.8) is 0 Å². The third-order valence-corrected chi connectivity index (χ3v) is 5.46. The molecule has 0 spiro atoms. The average molecular weight is 283 g/mol. The SMILES string of the molecule is CCOc1c(N)nsc1N1CCC(CC)(CC)CC1. The maximum Gasteiger partial charge on any atom is 0.197 e. The van der Waals surface area contributed by atoms with Gasteiger partial charge >= 0.3 is 0 Å². The Morgan fingerprint density at radius 3 is 2.42 bits per heavy atom. The van der Waals surface area contributed by atoms with Crippen molar-refractivity contribution < 1.29 is 4.74 Å². The number of nitrogens with two attached hydrogens (primary N) is 1. The Morgan fingerprint density at radius 2 is 1.89 bits per heavy atom. The molecule has 0 aliphatic carbocycles. The summed E-state index contributed by atoms with van der Waals surface area (Å²) < 4.78 is 9.89. The van der Waals surface area contributed by atoms with Crippen LogP contribution in [0.4, 0.5) is 10.8 Å². The molecule has 0 aromatic carbocycles. The molecule has 0 atom stereocenters. The summed E-state index contributed by atoms with van der Waals surface area (Å²) in [4.78, 5) is 2.39. The normalized spacial score (nSPS) is 18.6. The molecule has 19 heavy (non-hydrogen) atoms. The summed E-state index contributed by atoms with van der Waals surface area (Å²) in [5, 5.41) is 1.11. The van der Waals surface area contributed by atoms with Crippen LogP contribution in [0.15, 0.2) is 0 Å². The van der Waals surface area contributed by atoms with Crippen LogP contribution in [0.1, 0.15) is 46.5 Å². The van der Waals surface area contributed by atoms with Gasteiger partial charge in [0.2, 0.25) is 0 Å². The summed E-state index contributed by atoms with van der Waals surface area (Å²) in [5.74, 6) is 1.32. The lowest BCUT2D eigenvalue weighted by Crippen LogP contribution is -2.39. The van der Waals surface area contributed by atoms with Gasteiger partial charge in [0.15, 0.2) is 16.6 Å². The van der Waals surface area contributed by atoms with Gasteiger partial charge in [0.1, 0.15) is 0 Å².